The lowest BCUT2D eigenvalue weighted by molar-refractivity contribution is 0.102. The summed E-state index contributed by atoms with van der Waals surface area (Å²) in [6, 6.07) is 1.48. The molecular weight excluding hydrogens is 292 g/mol. The van der Waals surface area contributed by atoms with Gasteiger partial charge in [-0.2, -0.15) is 0 Å². The van der Waals surface area contributed by atoms with E-state index in [0.717, 1.165) is 12.3 Å². The summed E-state index contributed by atoms with van der Waals surface area (Å²) in [5.74, 6) is 2.68. The zero-order valence-corrected chi connectivity index (χ0v) is 10.6. The zero-order valence-electron chi connectivity index (χ0n) is 9.82. The lowest BCUT2D eigenvalue weighted by atomic mass is 10.3. The van der Waals surface area contributed by atoms with Gasteiger partial charge in [0.05, 0.1) is 23.1 Å². The minimum Gasteiger partial charge on any atom is -0.317 e. The lowest BCUT2D eigenvalue weighted by Crippen LogP contribution is -2.17. The number of carbonyl (C=O) groups excluding carboxylic acids is 1. The van der Waals surface area contributed by atoms with Crippen LogP contribution in [0.2, 0.25) is 5.02 Å². The van der Waals surface area contributed by atoms with E-state index in [1.807, 2.05) is 0 Å². The Morgan fingerprint density at radius 3 is 2.70 bits per heavy atom. The highest BCUT2D eigenvalue weighted by atomic mass is 35.5. The summed E-state index contributed by atoms with van der Waals surface area (Å²) in [6.45, 7) is 0. The summed E-state index contributed by atoms with van der Waals surface area (Å²) in [7, 11) is 0. The van der Waals surface area contributed by atoms with E-state index in [0.29, 0.717) is 6.07 Å². The average Bonchev–Trinajstić information content (AvgIpc) is 2.42. The van der Waals surface area contributed by atoms with Crippen molar-refractivity contribution in [1.82, 2.24) is 9.97 Å². The van der Waals surface area contributed by atoms with Crippen molar-refractivity contribution < 1.29 is 13.6 Å². The summed E-state index contributed by atoms with van der Waals surface area (Å²) >= 11 is 5.66. The number of nitrogens with one attached hydrogen (secondary N) is 2. The van der Waals surface area contributed by atoms with Gasteiger partial charge in [-0.3, -0.25) is 9.78 Å². The number of benzene rings is 1. The molecule has 0 unspecified atom stereocenters. The van der Waals surface area contributed by atoms with E-state index < -0.39 is 17.5 Å². The molecule has 4 N–H and O–H groups in total. The van der Waals surface area contributed by atoms with Gasteiger partial charge in [0, 0.05) is 6.07 Å². The Morgan fingerprint density at radius 1 is 1.30 bits per heavy atom. The SMILES string of the molecule is NNc1cncc(C(=O)Nc2c(F)cc(F)cc2Cl)n1. The smallest absolute Gasteiger partial charge is 0.276 e. The van der Waals surface area contributed by atoms with E-state index in [1.165, 1.54) is 6.20 Å². The number of aromatic nitrogens is 2. The van der Waals surface area contributed by atoms with Gasteiger partial charge >= 0.3 is 0 Å². The molecule has 0 saturated heterocycles. The van der Waals surface area contributed by atoms with Gasteiger partial charge in [-0.05, 0) is 6.07 Å². The first-order chi connectivity index (χ1) is 9.51. The maximum absolute atomic E-state index is 13.5. The summed E-state index contributed by atoms with van der Waals surface area (Å²) in [5, 5.41) is 1.92. The van der Waals surface area contributed by atoms with Crippen molar-refractivity contribution in [3.8, 4) is 0 Å². The first kappa shape index (κ1) is 14.1. The Labute approximate surface area is 116 Å². The molecule has 0 spiro atoms. The molecule has 2 rings (SSSR count). The second-order valence-electron chi connectivity index (χ2n) is 3.63. The first-order valence-corrected chi connectivity index (χ1v) is 5.63. The average molecular weight is 300 g/mol. The van der Waals surface area contributed by atoms with Crippen LogP contribution in [0, 0.1) is 11.6 Å². The van der Waals surface area contributed by atoms with Crippen LogP contribution in [0.5, 0.6) is 0 Å². The van der Waals surface area contributed by atoms with Gasteiger partial charge in [0.15, 0.2) is 11.6 Å². The summed E-state index contributed by atoms with van der Waals surface area (Å²) in [4.78, 5) is 19.4. The van der Waals surface area contributed by atoms with Crippen LogP contribution in [-0.2, 0) is 0 Å². The van der Waals surface area contributed by atoms with Crippen LogP contribution in [0.3, 0.4) is 0 Å². The predicted octanol–water partition coefficient (Wildman–Crippen LogP) is 1.95. The van der Waals surface area contributed by atoms with E-state index >= 15 is 0 Å². The summed E-state index contributed by atoms with van der Waals surface area (Å²) in [5.41, 5.74) is 1.76. The van der Waals surface area contributed by atoms with E-state index in [1.54, 1.807) is 0 Å². The minimum atomic E-state index is -0.996. The van der Waals surface area contributed by atoms with Gasteiger partial charge in [-0.25, -0.2) is 19.6 Å². The Morgan fingerprint density at radius 2 is 2.05 bits per heavy atom. The quantitative estimate of drug-likeness (QED) is 0.595. The fourth-order valence-electron chi connectivity index (χ4n) is 1.38. The molecule has 1 heterocycles. The Balaban J connectivity index is 2.28. The third-order valence-corrected chi connectivity index (χ3v) is 2.56. The predicted molar refractivity (Wildman–Crippen MR) is 69.2 cm³/mol. The van der Waals surface area contributed by atoms with Crippen molar-refractivity contribution in [2.75, 3.05) is 10.7 Å². The lowest BCUT2D eigenvalue weighted by Gasteiger charge is -2.08. The maximum Gasteiger partial charge on any atom is 0.276 e. The van der Waals surface area contributed by atoms with E-state index in [9.17, 15) is 13.6 Å². The highest BCUT2D eigenvalue weighted by Gasteiger charge is 2.15. The number of nitrogen functional groups attached to an aromatic ring is 1. The number of carbonyl (C=O) groups is 1. The van der Waals surface area contributed by atoms with Gasteiger partial charge in [0.2, 0.25) is 0 Å². The monoisotopic (exact) mass is 299 g/mol. The van der Waals surface area contributed by atoms with Crippen LogP contribution < -0.4 is 16.6 Å². The standard InChI is InChI=1S/C11H8ClF2N5O/c12-6-1-5(13)2-7(14)10(6)18-11(20)8-3-16-4-9(17-8)19-15/h1-4H,15H2,(H,17,19)(H,18,20). The van der Waals surface area contributed by atoms with Crippen LogP contribution in [0.15, 0.2) is 24.5 Å². The molecule has 0 radical (unpaired) electrons. The Kier molecular flexibility index (Phi) is 4.06. The molecule has 0 aliphatic carbocycles. The van der Waals surface area contributed by atoms with Crippen LogP contribution in [0.25, 0.3) is 0 Å². The molecule has 0 fully saturated rings. The van der Waals surface area contributed by atoms with Crippen molar-refractivity contribution in [3.05, 3.63) is 46.9 Å². The van der Waals surface area contributed by atoms with Crippen molar-refractivity contribution in [2.24, 2.45) is 5.84 Å². The van der Waals surface area contributed by atoms with Crippen LogP contribution in [0.4, 0.5) is 20.3 Å². The van der Waals surface area contributed by atoms with Crippen molar-refractivity contribution in [1.29, 1.82) is 0 Å². The number of rotatable bonds is 3. The summed E-state index contributed by atoms with van der Waals surface area (Å²) < 4.78 is 26.4. The highest BCUT2D eigenvalue weighted by molar-refractivity contribution is 6.33. The molecule has 104 valence electrons. The number of amides is 1. The molecule has 0 bridgehead atoms. The molecule has 0 aliphatic rings. The van der Waals surface area contributed by atoms with Crippen LogP contribution >= 0.6 is 11.6 Å². The van der Waals surface area contributed by atoms with Gasteiger partial charge < -0.3 is 10.7 Å². The molecule has 20 heavy (non-hydrogen) atoms. The molecule has 9 heteroatoms. The Hall–Kier alpha value is -2.32. The van der Waals surface area contributed by atoms with E-state index in [4.69, 9.17) is 17.4 Å². The number of hydrogen-bond acceptors (Lipinski definition) is 5. The molecule has 1 aromatic carbocycles. The normalized spacial score (nSPS) is 10.2. The first-order valence-electron chi connectivity index (χ1n) is 5.26. The van der Waals surface area contributed by atoms with Gasteiger partial charge in [-0.15, -0.1) is 0 Å². The number of hydrazine groups is 1. The number of anilines is 2. The fraction of sp³-hybridized carbons (Fsp3) is 0. The van der Waals surface area contributed by atoms with Crippen molar-refractivity contribution in [2.45, 2.75) is 0 Å². The highest BCUT2D eigenvalue weighted by Crippen LogP contribution is 2.26. The van der Waals surface area contributed by atoms with Gasteiger partial charge in [-0.1, -0.05) is 11.6 Å². The second kappa shape index (κ2) is 5.76. The maximum atomic E-state index is 13.5. The van der Waals surface area contributed by atoms with Crippen molar-refractivity contribution >= 4 is 29.0 Å². The fourth-order valence-corrected chi connectivity index (χ4v) is 1.63. The molecule has 0 saturated carbocycles. The summed E-state index contributed by atoms with van der Waals surface area (Å²) in [6.07, 6.45) is 2.45. The molecule has 6 nitrogen and oxygen atoms in total. The number of halogens is 3. The topological polar surface area (TPSA) is 92.9 Å². The minimum absolute atomic E-state index is 0.111. The largest absolute Gasteiger partial charge is 0.317 e. The molecule has 0 aliphatic heterocycles. The number of nitrogens with two attached hydrogens (primary N) is 1. The molecule has 0 atom stereocenters. The van der Waals surface area contributed by atoms with Gasteiger partial charge in [0.1, 0.15) is 11.5 Å². The zero-order chi connectivity index (χ0) is 14.7. The molecule has 1 amide bonds. The third-order valence-electron chi connectivity index (χ3n) is 2.26. The third kappa shape index (κ3) is 2.98. The number of hydrogen-bond donors (Lipinski definition) is 3. The molecule has 1 aromatic heterocycles. The van der Waals surface area contributed by atoms with E-state index in [2.05, 4.69) is 20.7 Å². The van der Waals surface area contributed by atoms with E-state index in [-0.39, 0.29) is 22.2 Å². The second-order valence-corrected chi connectivity index (χ2v) is 4.04. The van der Waals surface area contributed by atoms with Gasteiger partial charge in [0.25, 0.3) is 5.91 Å². The Bertz CT molecular complexity index is 644. The van der Waals surface area contributed by atoms with Crippen LogP contribution in [0.1, 0.15) is 10.5 Å². The van der Waals surface area contributed by atoms with Crippen LogP contribution in [-0.4, -0.2) is 15.9 Å². The molecular formula is C11H8ClF2N5O. The number of nitrogens with zero attached hydrogens (tertiary/aromatic N) is 2. The van der Waals surface area contributed by atoms with Crippen molar-refractivity contribution in [3.63, 3.8) is 0 Å². The molecule has 2 aromatic rings.